The highest BCUT2D eigenvalue weighted by Gasteiger charge is 2.10. The average molecular weight is 265 g/mol. The molecule has 0 bridgehead atoms. The van der Waals surface area contributed by atoms with E-state index in [1.165, 1.54) is 12.1 Å². The predicted molar refractivity (Wildman–Crippen MR) is 71.6 cm³/mol. The smallest absolute Gasteiger partial charge is 0.123 e. The molecule has 18 heavy (non-hydrogen) atoms. The Balaban J connectivity index is 2.17. The van der Waals surface area contributed by atoms with E-state index in [0.29, 0.717) is 11.4 Å². The Bertz CT molecular complexity index is 513. The summed E-state index contributed by atoms with van der Waals surface area (Å²) in [6.07, 6.45) is 0.697. The van der Waals surface area contributed by atoms with Crippen LogP contribution in [0.3, 0.4) is 0 Å². The number of rotatable bonds is 4. The summed E-state index contributed by atoms with van der Waals surface area (Å²) in [5, 5.41) is 0.697. The third-order valence-corrected chi connectivity index (χ3v) is 3.04. The topological polar surface area (TPSA) is 38.0 Å². The molecule has 2 rings (SSSR count). The van der Waals surface area contributed by atoms with Gasteiger partial charge in [-0.15, -0.1) is 0 Å². The van der Waals surface area contributed by atoms with Crippen LogP contribution in [0.25, 0.3) is 0 Å². The van der Waals surface area contributed by atoms with Crippen LogP contribution < -0.4 is 11.3 Å². The Morgan fingerprint density at radius 2 is 1.89 bits per heavy atom. The Kier molecular flexibility index (Phi) is 4.31. The zero-order valence-corrected chi connectivity index (χ0v) is 10.5. The fraction of sp³-hybridized carbons (Fsp3) is 0.143. The van der Waals surface area contributed by atoms with E-state index in [1.807, 2.05) is 24.3 Å². The Morgan fingerprint density at radius 1 is 1.17 bits per heavy atom. The predicted octanol–water partition coefficient (Wildman–Crippen LogP) is 3.23. The monoisotopic (exact) mass is 264 g/mol. The number of nitrogens with two attached hydrogens (primary N) is 1. The third kappa shape index (κ3) is 3.29. The molecular weight excluding hydrogens is 251 g/mol. The lowest BCUT2D eigenvalue weighted by Gasteiger charge is -2.16. The molecule has 1 atom stereocenters. The first-order chi connectivity index (χ1) is 8.69. The summed E-state index contributed by atoms with van der Waals surface area (Å²) in [6.45, 7) is 0. The Morgan fingerprint density at radius 3 is 2.50 bits per heavy atom. The lowest BCUT2D eigenvalue weighted by molar-refractivity contribution is 0.549. The van der Waals surface area contributed by atoms with Crippen molar-refractivity contribution in [2.75, 3.05) is 0 Å². The molecular formula is C14H14ClFN2. The van der Waals surface area contributed by atoms with Gasteiger partial charge in [0.2, 0.25) is 0 Å². The van der Waals surface area contributed by atoms with E-state index >= 15 is 0 Å². The highest BCUT2D eigenvalue weighted by Crippen LogP contribution is 2.20. The van der Waals surface area contributed by atoms with E-state index in [9.17, 15) is 4.39 Å². The number of benzene rings is 2. The first-order valence-corrected chi connectivity index (χ1v) is 6.03. The number of hydrogen-bond donors (Lipinski definition) is 2. The van der Waals surface area contributed by atoms with Crippen LogP contribution in [0.1, 0.15) is 17.2 Å². The lowest BCUT2D eigenvalue weighted by Crippen LogP contribution is -2.29. The molecule has 0 saturated heterocycles. The molecule has 0 aliphatic heterocycles. The molecule has 2 nitrogen and oxygen atoms in total. The molecule has 0 amide bonds. The van der Waals surface area contributed by atoms with Crippen molar-refractivity contribution in [1.82, 2.24) is 5.43 Å². The molecule has 2 aromatic rings. The molecule has 0 fully saturated rings. The first-order valence-electron chi connectivity index (χ1n) is 5.65. The van der Waals surface area contributed by atoms with Crippen molar-refractivity contribution in [3.8, 4) is 0 Å². The van der Waals surface area contributed by atoms with Gasteiger partial charge in [-0.1, -0.05) is 35.9 Å². The van der Waals surface area contributed by atoms with Crippen molar-refractivity contribution in [2.45, 2.75) is 12.5 Å². The van der Waals surface area contributed by atoms with Gasteiger partial charge < -0.3 is 0 Å². The van der Waals surface area contributed by atoms with E-state index in [4.69, 9.17) is 17.4 Å². The molecule has 1 unspecified atom stereocenters. The molecule has 0 heterocycles. The van der Waals surface area contributed by atoms with Gasteiger partial charge in [-0.2, -0.15) is 0 Å². The van der Waals surface area contributed by atoms with Gasteiger partial charge in [-0.25, -0.2) is 4.39 Å². The molecule has 2 aromatic carbocycles. The molecule has 0 saturated carbocycles. The fourth-order valence-electron chi connectivity index (χ4n) is 1.87. The van der Waals surface area contributed by atoms with Gasteiger partial charge in [0.05, 0.1) is 0 Å². The van der Waals surface area contributed by atoms with Crippen LogP contribution in [0.15, 0.2) is 48.5 Å². The summed E-state index contributed by atoms with van der Waals surface area (Å²) in [5.41, 5.74) is 4.76. The van der Waals surface area contributed by atoms with Crippen LogP contribution >= 0.6 is 11.6 Å². The molecule has 4 heteroatoms. The second-order valence-corrected chi connectivity index (χ2v) is 4.54. The number of nitrogens with one attached hydrogen (secondary N) is 1. The fourth-order valence-corrected chi connectivity index (χ4v) is 2.08. The number of hydrogen-bond acceptors (Lipinski definition) is 2. The minimum atomic E-state index is -0.253. The van der Waals surface area contributed by atoms with E-state index in [2.05, 4.69) is 5.43 Å². The highest BCUT2D eigenvalue weighted by atomic mass is 35.5. The zero-order valence-electron chi connectivity index (χ0n) is 9.74. The van der Waals surface area contributed by atoms with Gasteiger partial charge in [-0.05, 0) is 41.8 Å². The summed E-state index contributed by atoms with van der Waals surface area (Å²) in [5.74, 6) is 5.30. The van der Waals surface area contributed by atoms with Crippen LogP contribution in [0.2, 0.25) is 5.02 Å². The van der Waals surface area contributed by atoms with E-state index < -0.39 is 0 Å². The average Bonchev–Trinajstić information content (AvgIpc) is 2.37. The maximum absolute atomic E-state index is 12.9. The summed E-state index contributed by atoms with van der Waals surface area (Å²) < 4.78 is 12.9. The summed E-state index contributed by atoms with van der Waals surface area (Å²) in [6, 6.07) is 13.9. The quantitative estimate of drug-likeness (QED) is 0.657. The Labute approximate surface area is 111 Å². The SMILES string of the molecule is NNC(Cc1cccc(Cl)c1)c1ccc(F)cc1. The van der Waals surface area contributed by atoms with Crippen molar-refractivity contribution in [3.05, 3.63) is 70.5 Å². The van der Waals surface area contributed by atoms with E-state index in [0.717, 1.165) is 11.1 Å². The van der Waals surface area contributed by atoms with Crippen LogP contribution in [0.4, 0.5) is 4.39 Å². The second-order valence-electron chi connectivity index (χ2n) is 4.10. The van der Waals surface area contributed by atoms with E-state index in [-0.39, 0.29) is 11.9 Å². The van der Waals surface area contributed by atoms with Crippen molar-refractivity contribution >= 4 is 11.6 Å². The number of hydrazine groups is 1. The van der Waals surface area contributed by atoms with Crippen LogP contribution in [-0.4, -0.2) is 0 Å². The maximum Gasteiger partial charge on any atom is 0.123 e. The van der Waals surface area contributed by atoms with Crippen molar-refractivity contribution in [3.63, 3.8) is 0 Å². The van der Waals surface area contributed by atoms with Crippen LogP contribution in [-0.2, 0) is 6.42 Å². The summed E-state index contributed by atoms with van der Waals surface area (Å²) in [7, 11) is 0. The van der Waals surface area contributed by atoms with Crippen molar-refractivity contribution in [1.29, 1.82) is 0 Å². The summed E-state index contributed by atoms with van der Waals surface area (Å²) >= 11 is 5.94. The van der Waals surface area contributed by atoms with Crippen LogP contribution in [0.5, 0.6) is 0 Å². The highest BCUT2D eigenvalue weighted by molar-refractivity contribution is 6.30. The van der Waals surface area contributed by atoms with Gasteiger partial charge in [-0.3, -0.25) is 11.3 Å². The van der Waals surface area contributed by atoms with E-state index in [1.54, 1.807) is 12.1 Å². The van der Waals surface area contributed by atoms with Gasteiger partial charge in [0.25, 0.3) is 0 Å². The largest absolute Gasteiger partial charge is 0.271 e. The van der Waals surface area contributed by atoms with Crippen LogP contribution in [0, 0.1) is 5.82 Å². The standard InChI is InChI=1S/C14H14ClFN2/c15-12-3-1-2-10(8-12)9-14(18-17)11-4-6-13(16)7-5-11/h1-8,14,18H,9,17H2. The maximum atomic E-state index is 12.9. The molecule has 0 spiro atoms. The lowest BCUT2D eigenvalue weighted by atomic mass is 9.99. The van der Waals surface area contributed by atoms with Gasteiger partial charge in [0.15, 0.2) is 0 Å². The minimum Gasteiger partial charge on any atom is -0.271 e. The van der Waals surface area contributed by atoms with Gasteiger partial charge in [0, 0.05) is 11.1 Å². The normalized spacial score (nSPS) is 12.4. The molecule has 3 N–H and O–H groups in total. The van der Waals surface area contributed by atoms with Gasteiger partial charge >= 0.3 is 0 Å². The number of halogens is 2. The molecule has 0 aliphatic carbocycles. The van der Waals surface area contributed by atoms with Gasteiger partial charge in [0.1, 0.15) is 5.82 Å². The molecule has 0 radical (unpaired) electrons. The van der Waals surface area contributed by atoms with Crippen molar-refractivity contribution < 1.29 is 4.39 Å². The molecule has 0 aliphatic rings. The molecule has 0 aromatic heterocycles. The molecule has 94 valence electrons. The first kappa shape index (κ1) is 13.0. The minimum absolute atomic E-state index is 0.0657. The third-order valence-electron chi connectivity index (χ3n) is 2.80. The van der Waals surface area contributed by atoms with Crippen molar-refractivity contribution in [2.24, 2.45) is 5.84 Å². The summed E-state index contributed by atoms with van der Waals surface area (Å²) in [4.78, 5) is 0. The zero-order chi connectivity index (χ0) is 13.0. The second kappa shape index (κ2) is 5.96. The Hall–Kier alpha value is -1.42.